The predicted molar refractivity (Wildman–Crippen MR) is 183 cm³/mol. The molecule has 6 nitrogen and oxygen atoms in total. The summed E-state index contributed by atoms with van der Waals surface area (Å²) < 4.78 is 25.9. The first kappa shape index (κ1) is 36.3. The fraction of sp³-hybridized carbons (Fsp3) is 0.379. The molecule has 0 saturated heterocycles. The first-order chi connectivity index (χ1) is 19.3. The smallest absolute Gasteiger partial charge is 0.333 e. The molecule has 0 spiro atoms. The molecule has 0 N–H and O–H groups in total. The van der Waals surface area contributed by atoms with Gasteiger partial charge in [0.05, 0.1) is 17.9 Å². The third-order valence-electron chi connectivity index (χ3n) is 5.13. The van der Waals surface area contributed by atoms with Gasteiger partial charge in [-0.3, -0.25) is 0 Å². The van der Waals surface area contributed by atoms with Crippen LogP contribution < -0.4 is 9.47 Å². The molecule has 2 aromatic carbocycles. The first-order valence-electron chi connectivity index (χ1n) is 12.5. The molecule has 41 heavy (non-hydrogen) atoms. The van der Waals surface area contributed by atoms with E-state index in [1.807, 2.05) is 38.1 Å². The molecule has 0 radical (unpaired) electrons. The maximum absolute atomic E-state index is 11.5. The topological polar surface area (TPSA) is 71.1 Å². The highest BCUT2D eigenvalue weighted by Crippen LogP contribution is 2.39. The highest BCUT2D eigenvalue weighted by atomic mass is 79.9. The molecule has 0 heterocycles. The summed E-state index contributed by atoms with van der Waals surface area (Å²) in [6.07, 6.45) is 0.686. The summed E-state index contributed by atoms with van der Waals surface area (Å²) in [4.78, 5) is 23.0. The van der Waals surface area contributed by atoms with Gasteiger partial charge < -0.3 is 18.9 Å². The molecule has 0 fully saturated rings. The average molecular weight is 860 g/mol. The van der Waals surface area contributed by atoms with E-state index in [1.165, 1.54) is 0 Å². The zero-order valence-corrected chi connectivity index (χ0v) is 31.2. The molecule has 2 unspecified atom stereocenters. The van der Waals surface area contributed by atoms with Crippen molar-refractivity contribution >= 4 is 99.2 Å². The number of rotatable bonds is 16. The Balaban J connectivity index is 1.95. The molecule has 0 aliphatic carbocycles. The summed E-state index contributed by atoms with van der Waals surface area (Å²) in [6, 6.07) is 8.16. The Morgan fingerprint density at radius 2 is 1.02 bits per heavy atom. The molecule has 224 valence electrons. The van der Waals surface area contributed by atoms with E-state index in [-0.39, 0.29) is 22.8 Å². The number of carbonyl (C=O) groups excluding carboxylic acids is 2. The Morgan fingerprint density at radius 1 is 0.707 bits per heavy atom. The molecular formula is C29H32Br4O6S2. The van der Waals surface area contributed by atoms with Crippen molar-refractivity contribution < 1.29 is 28.5 Å². The van der Waals surface area contributed by atoms with Crippen molar-refractivity contribution in [2.24, 2.45) is 0 Å². The Kier molecular flexibility index (Phi) is 15.9. The summed E-state index contributed by atoms with van der Waals surface area (Å²) in [5.74, 6) is 1.87. The highest BCUT2D eigenvalue weighted by Gasteiger charge is 2.17. The van der Waals surface area contributed by atoms with E-state index in [0.717, 1.165) is 29.0 Å². The Morgan fingerprint density at radius 3 is 1.32 bits per heavy atom. The molecule has 0 saturated carbocycles. The Hall–Kier alpha value is -0.920. The summed E-state index contributed by atoms with van der Waals surface area (Å²) in [7, 11) is 0. The average Bonchev–Trinajstić information content (AvgIpc) is 2.88. The van der Waals surface area contributed by atoms with Crippen LogP contribution in [0.1, 0.15) is 38.8 Å². The van der Waals surface area contributed by atoms with Gasteiger partial charge in [-0.2, -0.15) is 0 Å². The standard InChI is InChI=1S/C29H32Br4O6S2/c1-16(2)28(34)36-7-9-40-18(5)38-26-22(30)12-20(13-23(26)31)11-21-14-24(32)27(25(33)15-21)39-19(6)41-10-8-37-29(35)17(3)4/h12-15,18-19H,1,3,7-11H2,2,4-6H3. The van der Waals surface area contributed by atoms with Crippen molar-refractivity contribution in [1.29, 1.82) is 0 Å². The van der Waals surface area contributed by atoms with Gasteiger partial charge in [0.2, 0.25) is 0 Å². The van der Waals surface area contributed by atoms with Crippen molar-refractivity contribution in [2.45, 2.75) is 45.0 Å². The molecule has 0 aromatic heterocycles. The predicted octanol–water partition coefficient (Wildman–Crippen LogP) is 9.48. The van der Waals surface area contributed by atoms with Crippen LogP contribution >= 0.6 is 87.2 Å². The third kappa shape index (κ3) is 12.7. The fourth-order valence-corrected chi connectivity index (χ4v) is 7.52. The van der Waals surface area contributed by atoms with Crippen LogP contribution in [-0.2, 0) is 25.5 Å². The van der Waals surface area contributed by atoms with Crippen molar-refractivity contribution in [3.8, 4) is 11.5 Å². The highest BCUT2D eigenvalue weighted by molar-refractivity contribution is 9.11. The van der Waals surface area contributed by atoms with Crippen LogP contribution in [0, 0.1) is 0 Å². The molecule has 2 aromatic rings. The SMILES string of the molecule is C=C(C)C(=O)OCCSC(C)Oc1c(Br)cc(Cc2cc(Br)c(OC(C)SCCOC(=O)C(=C)C)c(Br)c2)cc1Br. The van der Waals surface area contributed by atoms with Crippen molar-refractivity contribution in [1.82, 2.24) is 0 Å². The number of esters is 2. The van der Waals surface area contributed by atoms with E-state index >= 15 is 0 Å². The van der Waals surface area contributed by atoms with Crippen LogP contribution in [0.5, 0.6) is 11.5 Å². The number of benzene rings is 2. The number of hydrogen-bond acceptors (Lipinski definition) is 8. The zero-order valence-electron chi connectivity index (χ0n) is 23.2. The Labute approximate surface area is 284 Å². The molecule has 2 rings (SSSR count). The van der Waals surface area contributed by atoms with Gasteiger partial charge in [-0.15, -0.1) is 23.5 Å². The minimum absolute atomic E-state index is 0.150. The van der Waals surface area contributed by atoms with E-state index in [2.05, 4.69) is 76.9 Å². The van der Waals surface area contributed by atoms with Gasteiger partial charge in [-0.1, -0.05) is 13.2 Å². The van der Waals surface area contributed by atoms with Crippen LogP contribution in [0.2, 0.25) is 0 Å². The van der Waals surface area contributed by atoms with Gasteiger partial charge >= 0.3 is 11.9 Å². The lowest BCUT2D eigenvalue weighted by atomic mass is 10.0. The molecule has 0 aliphatic rings. The number of thioether (sulfide) groups is 2. The van der Waals surface area contributed by atoms with Gasteiger partial charge in [0.1, 0.15) is 35.6 Å². The molecular weight excluding hydrogens is 828 g/mol. The normalized spacial score (nSPS) is 12.3. The van der Waals surface area contributed by atoms with Gasteiger partial charge in [0, 0.05) is 22.7 Å². The fourth-order valence-electron chi connectivity index (χ4n) is 3.23. The maximum atomic E-state index is 11.5. The molecule has 0 bridgehead atoms. The lowest BCUT2D eigenvalue weighted by Crippen LogP contribution is -2.13. The largest absolute Gasteiger partial charge is 0.478 e. The minimum atomic E-state index is -0.384. The first-order valence-corrected chi connectivity index (χ1v) is 17.7. The quantitative estimate of drug-likeness (QED) is 0.0716. The van der Waals surface area contributed by atoms with E-state index in [1.54, 1.807) is 37.4 Å². The second kappa shape index (κ2) is 18.0. The summed E-state index contributed by atoms with van der Waals surface area (Å²) in [5, 5.41) is 0. The van der Waals surface area contributed by atoms with E-state index in [9.17, 15) is 9.59 Å². The second-order valence-corrected chi connectivity index (χ2v) is 15.1. The molecule has 12 heteroatoms. The number of ether oxygens (including phenoxy) is 4. The number of hydrogen-bond donors (Lipinski definition) is 0. The summed E-state index contributed by atoms with van der Waals surface area (Å²) in [6.45, 7) is 14.9. The van der Waals surface area contributed by atoms with Gasteiger partial charge in [-0.05, 0) is 133 Å². The monoisotopic (exact) mass is 856 g/mol. The van der Waals surface area contributed by atoms with Gasteiger partial charge in [0.25, 0.3) is 0 Å². The summed E-state index contributed by atoms with van der Waals surface area (Å²) >= 11 is 17.7. The van der Waals surface area contributed by atoms with Gasteiger partial charge in [-0.25, -0.2) is 9.59 Å². The Bertz CT molecular complexity index is 1130. The maximum Gasteiger partial charge on any atom is 0.333 e. The molecule has 2 atom stereocenters. The second-order valence-electron chi connectivity index (χ2n) is 8.90. The van der Waals surface area contributed by atoms with Gasteiger partial charge in [0.15, 0.2) is 0 Å². The van der Waals surface area contributed by atoms with Crippen molar-refractivity contribution in [3.63, 3.8) is 0 Å². The van der Waals surface area contributed by atoms with E-state index in [4.69, 9.17) is 18.9 Å². The molecule has 0 aliphatic heterocycles. The number of carbonyl (C=O) groups is 2. The van der Waals surface area contributed by atoms with Crippen LogP contribution in [0.25, 0.3) is 0 Å². The summed E-state index contributed by atoms with van der Waals surface area (Å²) in [5.41, 5.74) is 2.65. The van der Waals surface area contributed by atoms with Crippen LogP contribution in [-0.4, -0.2) is 47.5 Å². The minimum Gasteiger partial charge on any atom is -0.478 e. The lowest BCUT2D eigenvalue weighted by molar-refractivity contribution is -0.139. The lowest BCUT2D eigenvalue weighted by Gasteiger charge is -2.19. The van der Waals surface area contributed by atoms with Crippen LogP contribution in [0.15, 0.2) is 66.5 Å². The van der Waals surface area contributed by atoms with Crippen molar-refractivity contribution in [3.05, 3.63) is 77.6 Å². The van der Waals surface area contributed by atoms with Crippen LogP contribution in [0.4, 0.5) is 0 Å². The van der Waals surface area contributed by atoms with Crippen molar-refractivity contribution in [2.75, 3.05) is 24.7 Å². The van der Waals surface area contributed by atoms with Crippen LogP contribution in [0.3, 0.4) is 0 Å². The third-order valence-corrected chi connectivity index (χ3v) is 9.42. The molecule has 0 amide bonds. The van der Waals surface area contributed by atoms with E-state index in [0.29, 0.717) is 53.8 Å². The van der Waals surface area contributed by atoms with E-state index < -0.39 is 0 Å². The zero-order chi connectivity index (χ0) is 30.7. The number of halogens is 4.